The van der Waals surface area contributed by atoms with Gasteiger partial charge in [0.25, 0.3) is 0 Å². The number of fused-ring (bicyclic) bond motifs is 6. The maximum Gasteiger partial charge on any atom is 0.143 e. The van der Waals surface area contributed by atoms with Gasteiger partial charge in [0.2, 0.25) is 0 Å². The molecule has 0 spiro atoms. The molecule has 8 aromatic carbocycles. The van der Waals surface area contributed by atoms with Crippen molar-refractivity contribution in [3.8, 4) is 22.3 Å². The lowest BCUT2D eigenvalue weighted by Gasteiger charge is -2.38. The summed E-state index contributed by atoms with van der Waals surface area (Å²) in [4.78, 5) is 2.53. The van der Waals surface area contributed by atoms with E-state index < -0.39 is 0 Å². The molecule has 0 bridgehead atoms. The highest BCUT2D eigenvalue weighted by atomic mass is 16.3. The Hall–Kier alpha value is -6.64. The van der Waals surface area contributed by atoms with E-state index in [9.17, 15) is 0 Å². The normalized spacial score (nSPS) is 15.5. The Morgan fingerprint density at radius 3 is 1.90 bits per heavy atom. The second-order valence-corrected chi connectivity index (χ2v) is 13.7. The molecule has 2 heteroatoms. The van der Waals surface area contributed by atoms with Gasteiger partial charge in [-0.1, -0.05) is 158 Å². The SMILES string of the molecule is C1=CC(c2ccc3oc4c5ccccc5ccc4c3c2)C(N(c2ccc(-c3ccccc3)c(-c3ccccc3)c2)c2ccc3ccccc3c2)C=C1. The predicted molar refractivity (Wildman–Crippen MR) is 219 cm³/mol. The number of hydrogen-bond acceptors (Lipinski definition) is 2. The zero-order valence-electron chi connectivity index (χ0n) is 28.6. The van der Waals surface area contributed by atoms with Crippen LogP contribution >= 0.6 is 0 Å². The molecule has 1 aliphatic carbocycles. The first-order valence-corrected chi connectivity index (χ1v) is 18.0. The van der Waals surface area contributed by atoms with Crippen LogP contribution in [0.25, 0.3) is 65.7 Å². The minimum atomic E-state index is 0.00815. The van der Waals surface area contributed by atoms with Gasteiger partial charge in [-0.2, -0.15) is 0 Å². The molecule has 10 rings (SSSR count). The molecule has 2 nitrogen and oxygen atoms in total. The zero-order chi connectivity index (χ0) is 34.4. The number of benzene rings is 8. The van der Waals surface area contributed by atoms with Gasteiger partial charge in [0, 0.05) is 33.5 Å². The van der Waals surface area contributed by atoms with Gasteiger partial charge in [-0.15, -0.1) is 0 Å². The molecule has 0 fully saturated rings. The topological polar surface area (TPSA) is 16.4 Å². The Morgan fingerprint density at radius 1 is 0.423 bits per heavy atom. The van der Waals surface area contributed by atoms with Crippen molar-refractivity contribution in [1.29, 1.82) is 0 Å². The van der Waals surface area contributed by atoms with Gasteiger partial charge >= 0.3 is 0 Å². The van der Waals surface area contributed by atoms with Crippen LogP contribution < -0.4 is 4.90 Å². The molecule has 0 N–H and O–H groups in total. The maximum absolute atomic E-state index is 6.52. The van der Waals surface area contributed by atoms with Crippen molar-refractivity contribution in [3.05, 3.63) is 206 Å². The van der Waals surface area contributed by atoms with Crippen molar-refractivity contribution in [2.45, 2.75) is 12.0 Å². The summed E-state index contributed by atoms with van der Waals surface area (Å²) in [5.74, 6) is 0.0836. The fourth-order valence-corrected chi connectivity index (χ4v) is 8.11. The second-order valence-electron chi connectivity index (χ2n) is 13.7. The molecular formula is C50H35NO. The summed E-state index contributed by atoms with van der Waals surface area (Å²) < 4.78 is 6.52. The Morgan fingerprint density at radius 2 is 1.08 bits per heavy atom. The van der Waals surface area contributed by atoms with Gasteiger partial charge in [-0.05, 0) is 86.4 Å². The monoisotopic (exact) mass is 665 g/mol. The van der Waals surface area contributed by atoms with Crippen molar-refractivity contribution in [1.82, 2.24) is 0 Å². The van der Waals surface area contributed by atoms with Crippen molar-refractivity contribution in [2.24, 2.45) is 0 Å². The Kier molecular flexibility index (Phi) is 7.32. The highest BCUT2D eigenvalue weighted by Crippen LogP contribution is 2.43. The molecule has 2 unspecified atom stereocenters. The van der Waals surface area contributed by atoms with E-state index in [0.717, 1.165) is 38.7 Å². The van der Waals surface area contributed by atoms with Gasteiger partial charge in [-0.25, -0.2) is 0 Å². The van der Waals surface area contributed by atoms with E-state index in [0.29, 0.717) is 0 Å². The minimum Gasteiger partial charge on any atom is -0.455 e. The van der Waals surface area contributed by atoms with Crippen LogP contribution in [0.4, 0.5) is 11.4 Å². The molecule has 0 amide bonds. The summed E-state index contributed by atoms with van der Waals surface area (Å²) in [6, 6.07) is 63.6. The van der Waals surface area contributed by atoms with E-state index in [-0.39, 0.29) is 12.0 Å². The lowest BCUT2D eigenvalue weighted by atomic mass is 9.85. The van der Waals surface area contributed by atoms with E-state index in [2.05, 4.69) is 205 Å². The van der Waals surface area contributed by atoms with E-state index >= 15 is 0 Å². The van der Waals surface area contributed by atoms with Crippen LogP contribution in [-0.2, 0) is 0 Å². The summed E-state index contributed by atoms with van der Waals surface area (Å²) in [6.45, 7) is 0. The van der Waals surface area contributed by atoms with Crippen molar-refractivity contribution in [3.63, 3.8) is 0 Å². The first-order chi connectivity index (χ1) is 25.8. The largest absolute Gasteiger partial charge is 0.455 e. The summed E-state index contributed by atoms with van der Waals surface area (Å²) in [5.41, 5.74) is 10.2. The molecule has 1 aliphatic rings. The van der Waals surface area contributed by atoms with Crippen LogP contribution in [0, 0.1) is 0 Å². The average Bonchev–Trinajstić information content (AvgIpc) is 3.60. The summed E-state index contributed by atoms with van der Waals surface area (Å²) in [6.07, 6.45) is 9.11. The summed E-state index contributed by atoms with van der Waals surface area (Å²) in [5, 5.41) is 7.09. The molecule has 52 heavy (non-hydrogen) atoms. The molecule has 2 atom stereocenters. The number of nitrogens with zero attached hydrogens (tertiary/aromatic N) is 1. The van der Waals surface area contributed by atoms with Crippen LogP contribution in [0.1, 0.15) is 11.5 Å². The third-order valence-corrected chi connectivity index (χ3v) is 10.6. The highest BCUT2D eigenvalue weighted by Gasteiger charge is 2.30. The molecule has 0 radical (unpaired) electrons. The van der Waals surface area contributed by atoms with Gasteiger partial charge in [0.1, 0.15) is 11.2 Å². The number of furan rings is 1. The standard InChI is InChI=1S/C50H35NO/c1-3-14-35(15-4-1)42-29-27-41(33-46(42)36-16-5-2-6-17-36)51(40-26-23-34-13-7-8-19-38(34)31-40)48-22-12-11-20-43(48)39-25-30-49-47(32-39)45-28-24-37-18-9-10-21-44(37)50(45)52-49/h1-33,43,48H. The van der Waals surface area contributed by atoms with E-state index in [4.69, 9.17) is 4.42 Å². The summed E-state index contributed by atoms with van der Waals surface area (Å²) >= 11 is 0. The first kappa shape index (κ1) is 30.2. The number of allylic oxidation sites excluding steroid dienone is 2. The fourth-order valence-electron chi connectivity index (χ4n) is 8.11. The predicted octanol–water partition coefficient (Wildman–Crippen LogP) is 13.6. The van der Waals surface area contributed by atoms with Gasteiger partial charge in [-0.3, -0.25) is 0 Å². The van der Waals surface area contributed by atoms with E-state index in [1.54, 1.807) is 0 Å². The third kappa shape index (κ3) is 5.20. The van der Waals surface area contributed by atoms with E-state index in [1.165, 1.54) is 44.0 Å². The first-order valence-electron chi connectivity index (χ1n) is 18.0. The zero-order valence-corrected chi connectivity index (χ0v) is 28.6. The lowest BCUT2D eigenvalue weighted by molar-refractivity contribution is 0.670. The molecule has 246 valence electrons. The minimum absolute atomic E-state index is 0.00815. The Labute approximate surface area is 303 Å². The quantitative estimate of drug-likeness (QED) is 0.176. The smallest absolute Gasteiger partial charge is 0.143 e. The van der Waals surface area contributed by atoms with Gasteiger partial charge in [0.15, 0.2) is 0 Å². The molecule has 0 saturated heterocycles. The van der Waals surface area contributed by atoms with Crippen LogP contribution in [0.3, 0.4) is 0 Å². The molecule has 1 heterocycles. The van der Waals surface area contributed by atoms with Crippen LogP contribution in [-0.4, -0.2) is 6.04 Å². The number of anilines is 2. The van der Waals surface area contributed by atoms with Gasteiger partial charge in [0.05, 0.1) is 6.04 Å². The van der Waals surface area contributed by atoms with Crippen LogP contribution in [0.15, 0.2) is 205 Å². The second kappa shape index (κ2) is 12.6. The van der Waals surface area contributed by atoms with Crippen LogP contribution in [0.2, 0.25) is 0 Å². The lowest BCUT2D eigenvalue weighted by Crippen LogP contribution is -2.35. The van der Waals surface area contributed by atoms with Crippen molar-refractivity contribution < 1.29 is 4.42 Å². The summed E-state index contributed by atoms with van der Waals surface area (Å²) in [7, 11) is 0. The Bertz CT molecular complexity index is 2810. The fraction of sp³-hybridized carbons (Fsp3) is 0.0400. The van der Waals surface area contributed by atoms with Crippen LogP contribution in [0.5, 0.6) is 0 Å². The average molecular weight is 666 g/mol. The highest BCUT2D eigenvalue weighted by molar-refractivity contribution is 6.15. The number of rotatable bonds is 6. The molecule has 0 aliphatic heterocycles. The maximum atomic E-state index is 6.52. The number of hydrogen-bond donors (Lipinski definition) is 0. The third-order valence-electron chi connectivity index (χ3n) is 10.6. The van der Waals surface area contributed by atoms with E-state index in [1.807, 2.05) is 0 Å². The molecular weight excluding hydrogens is 631 g/mol. The molecule has 0 saturated carbocycles. The Balaban J connectivity index is 1.16. The molecule has 9 aromatic rings. The molecule has 1 aromatic heterocycles. The van der Waals surface area contributed by atoms with Crippen molar-refractivity contribution >= 4 is 54.9 Å². The van der Waals surface area contributed by atoms with Gasteiger partial charge < -0.3 is 9.32 Å². The van der Waals surface area contributed by atoms with Crippen molar-refractivity contribution in [2.75, 3.05) is 4.90 Å².